The van der Waals surface area contributed by atoms with E-state index in [1.54, 1.807) is 17.7 Å². The van der Waals surface area contributed by atoms with Crippen molar-refractivity contribution in [2.45, 2.75) is 13.0 Å². The molecule has 4 aromatic rings. The van der Waals surface area contributed by atoms with E-state index in [0.717, 1.165) is 80.1 Å². The van der Waals surface area contributed by atoms with E-state index < -0.39 is 11.7 Å². The molecule has 3 aliphatic rings. The third kappa shape index (κ3) is 5.24. The summed E-state index contributed by atoms with van der Waals surface area (Å²) in [5, 5.41) is 2.80. The Morgan fingerprint density at radius 2 is 1.70 bits per heavy atom. The number of rotatable bonds is 6. The normalized spacial score (nSPS) is 17.9. The van der Waals surface area contributed by atoms with Crippen molar-refractivity contribution in [1.29, 1.82) is 0 Å². The number of amides is 1. The standard InChI is InChI=1S/C33H35N7O4/c1-22-16-27(23-6-4-3-5-7-23)30(37(22)2)31(41)32(42)36-24-8-9-28-29(17-24)44-21-26-20-39(10-11-40(26)28)33-34-18-25(19-35-33)38-12-14-43-15-13-38/h3-9,16-19,26H,10-15,20-21H2,1-2H3,(H,36,42). The lowest BCUT2D eigenvalue weighted by atomic mass is 10.0. The molecule has 1 unspecified atom stereocenters. The summed E-state index contributed by atoms with van der Waals surface area (Å²) in [5.74, 6) is 0.129. The van der Waals surface area contributed by atoms with E-state index in [4.69, 9.17) is 9.47 Å². The Kier molecular flexibility index (Phi) is 7.39. The fraction of sp³-hybridized carbons (Fsp3) is 0.333. The second-order valence-electron chi connectivity index (χ2n) is 11.4. The largest absolute Gasteiger partial charge is 0.489 e. The summed E-state index contributed by atoms with van der Waals surface area (Å²) in [5.41, 5.74) is 5.39. The molecule has 1 atom stereocenters. The Morgan fingerprint density at radius 3 is 2.48 bits per heavy atom. The highest BCUT2D eigenvalue weighted by atomic mass is 16.5. The Morgan fingerprint density at radius 1 is 0.932 bits per heavy atom. The maximum atomic E-state index is 13.4. The second-order valence-corrected chi connectivity index (χ2v) is 11.4. The SMILES string of the molecule is Cc1cc(-c2ccccc2)c(C(=O)C(=O)Nc2ccc3c(c2)OCC2CN(c4ncc(N5CCOCC5)cn4)CCN32)n1C. The first-order valence-corrected chi connectivity index (χ1v) is 15.0. The van der Waals surface area contributed by atoms with Crippen LogP contribution in [0.5, 0.6) is 5.75 Å². The zero-order valence-corrected chi connectivity index (χ0v) is 24.9. The average Bonchev–Trinajstić information content (AvgIpc) is 3.38. The maximum absolute atomic E-state index is 13.4. The van der Waals surface area contributed by atoms with Crippen LogP contribution in [0, 0.1) is 6.92 Å². The number of anilines is 4. The number of carbonyl (C=O) groups excluding carboxylic acids is 2. The first-order chi connectivity index (χ1) is 21.5. The van der Waals surface area contributed by atoms with E-state index in [-0.39, 0.29) is 6.04 Å². The summed E-state index contributed by atoms with van der Waals surface area (Å²) in [6.45, 7) is 7.87. The van der Waals surface area contributed by atoms with Gasteiger partial charge in [0.25, 0.3) is 11.7 Å². The number of hydrogen-bond acceptors (Lipinski definition) is 9. The van der Waals surface area contributed by atoms with Crippen molar-refractivity contribution in [3.63, 3.8) is 0 Å². The highest BCUT2D eigenvalue weighted by Crippen LogP contribution is 2.38. The number of aryl methyl sites for hydroxylation is 1. The van der Waals surface area contributed by atoms with Gasteiger partial charge in [-0.1, -0.05) is 30.3 Å². The summed E-state index contributed by atoms with van der Waals surface area (Å²) in [6, 6.07) is 17.3. The number of benzene rings is 2. The van der Waals surface area contributed by atoms with Crippen molar-refractivity contribution >= 4 is 34.7 Å². The van der Waals surface area contributed by atoms with E-state index in [1.165, 1.54) is 0 Å². The van der Waals surface area contributed by atoms with Crippen LogP contribution in [0.4, 0.5) is 23.0 Å². The average molecular weight is 594 g/mol. The molecule has 0 aliphatic carbocycles. The van der Waals surface area contributed by atoms with E-state index in [1.807, 2.05) is 67.8 Å². The summed E-state index contributed by atoms with van der Waals surface area (Å²) in [6.07, 6.45) is 3.80. The number of nitrogens with one attached hydrogen (secondary N) is 1. The Hall–Kier alpha value is -4.90. The Labute approximate surface area is 256 Å². The minimum absolute atomic E-state index is 0.137. The smallest absolute Gasteiger partial charge is 0.298 e. The molecule has 226 valence electrons. The predicted molar refractivity (Wildman–Crippen MR) is 169 cm³/mol. The molecule has 5 heterocycles. The lowest BCUT2D eigenvalue weighted by Crippen LogP contribution is -2.57. The van der Waals surface area contributed by atoms with E-state index in [2.05, 4.69) is 30.0 Å². The van der Waals surface area contributed by atoms with Gasteiger partial charge in [0.15, 0.2) is 0 Å². The number of ether oxygens (including phenoxy) is 2. The zero-order valence-electron chi connectivity index (χ0n) is 24.9. The number of nitrogens with zero attached hydrogens (tertiary/aromatic N) is 6. The molecule has 2 fully saturated rings. The Bertz CT molecular complexity index is 1680. The van der Waals surface area contributed by atoms with Crippen molar-refractivity contribution in [3.05, 3.63) is 78.4 Å². The van der Waals surface area contributed by atoms with E-state index in [9.17, 15) is 9.59 Å². The van der Waals surface area contributed by atoms with Gasteiger partial charge >= 0.3 is 0 Å². The monoisotopic (exact) mass is 593 g/mol. The van der Waals surface area contributed by atoms with Crippen LogP contribution in [0.15, 0.2) is 67.0 Å². The van der Waals surface area contributed by atoms with Crippen LogP contribution >= 0.6 is 0 Å². The fourth-order valence-electron chi connectivity index (χ4n) is 6.23. The molecule has 11 heteroatoms. The van der Waals surface area contributed by atoms with Gasteiger partial charge in [-0.2, -0.15) is 0 Å². The third-order valence-corrected chi connectivity index (χ3v) is 8.70. The molecule has 0 radical (unpaired) electrons. The number of piperazine rings is 1. The third-order valence-electron chi connectivity index (χ3n) is 8.70. The molecule has 1 amide bonds. The molecule has 0 bridgehead atoms. The van der Waals surface area contributed by atoms with Crippen LogP contribution in [-0.4, -0.2) is 84.8 Å². The van der Waals surface area contributed by atoms with Gasteiger partial charge in [0.1, 0.15) is 18.1 Å². The van der Waals surface area contributed by atoms with Crippen LogP contribution in [0.25, 0.3) is 11.1 Å². The van der Waals surface area contributed by atoms with Crippen LogP contribution < -0.4 is 24.8 Å². The predicted octanol–water partition coefficient (Wildman–Crippen LogP) is 3.54. The number of hydrogen-bond donors (Lipinski definition) is 1. The van der Waals surface area contributed by atoms with Crippen molar-refractivity contribution in [2.24, 2.45) is 7.05 Å². The summed E-state index contributed by atoms with van der Waals surface area (Å²) in [7, 11) is 1.80. The van der Waals surface area contributed by atoms with Crippen molar-refractivity contribution < 1.29 is 19.1 Å². The molecule has 2 saturated heterocycles. The highest BCUT2D eigenvalue weighted by Gasteiger charge is 2.34. The van der Waals surface area contributed by atoms with Crippen molar-refractivity contribution in [2.75, 3.05) is 72.6 Å². The molecular weight excluding hydrogens is 558 g/mol. The number of aromatic nitrogens is 3. The van der Waals surface area contributed by atoms with Gasteiger partial charge in [-0.05, 0) is 30.7 Å². The second kappa shape index (κ2) is 11.6. The molecule has 0 spiro atoms. The van der Waals surface area contributed by atoms with Crippen LogP contribution in [0.2, 0.25) is 0 Å². The number of Topliss-reactive ketones (excluding diaryl/α,β-unsaturated/α-hetero) is 1. The fourth-order valence-corrected chi connectivity index (χ4v) is 6.23. The Balaban J connectivity index is 1.02. The molecule has 3 aliphatic heterocycles. The maximum Gasteiger partial charge on any atom is 0.298 e. The number of carbonyl (C=O) groups is 2. The number of morpholine rings is 1. The van der Waals surface area contributed by atoms with Gasteiger partial charge in [-0.25, -0.2) is 9.97 Å². The summed E-state index contributed by atoms with van der Waals surface area (Å²) < 4.78 is 13.4. The molecule has 11 nitrogen and oxygen atoms in total. The lowest BCUT2D eigenvalue weighted by molar-refractivity contribution is -0.112. The highest BCUT2D eigenvalue weighted by molar-refractivity contribution is 6.47. The topological polar surface area (TPSA) is 105 Å². The van der Waals surface area contributed by atoms with Gasteiger partial charge in [0.2, 0.25) is 5.95 Å². The van der Waals surface area contributed by atoms with Gasteiger partial charge in [0, 0.05) is 62.8 Å². The summed E-state index contributed by atoms with van der Waals surface area (Å²) >= 11 is 0. The van der Waals surface area contributed by atoms with Crippen LogP contribution in [-0.2, 0) is 16.6 Å². The first kappa shape index (κ1) is 27.9. The summed E-state index contributed by atoms with van der Waals surface area (Å²) in [4.78, 5) is 42.7. The van der Waals surface area contributed by atoms with E-state index >= 15 is 0 Å². The molecule has 1 N–H and O–H groups in total. The molecule has 2 aromatic carbocycles. The van der Waals surface area contributed by atoms with E-state index in [0.29, 0.717) is 23.7 Å². The minimum atomic E-state index is -0.690. The lowest BCUT2D eigenvalue weighted by Gasteiger charge is -2.45. The van der Waals surface area contributed by atoms with Crippen molar-refractivity contribution in [1.82, 2.24) is 14.5 Å². The molecular formula is C33H35N7O4. The number of ketones is 1. The zero-order chi connectivity index (χ0) is 30.2. The van der Waals surface area contributed by atoms with Crippen LogP contribution in [0.1, 0.15) is 16.2 Å². The van der Waals surface area contributed by atoms with Gasteiger partial charge in [0.05, 0.1) is 43.0 Å². The van der Waals surface area contributed by atoms with Crippen LogP contribution in [0.3, 0.4) is 0 Å². The quantitative estimate of drug-likeness (QED) is 0.266. The molecule has 7 rings (SSSR count). The van der Waals surface area contributed by atoms with Gasteiger partial charge in [-0.3, -0.25) is 9.59 Å². The van der Waals surface area contributed by atoms with Crippen molar-refractivity contribution in [3.8, 4) is 16.9 Å². The molecule has 0 saturated carbocycles. The number of fused-ring (bicyclic) bond motifs is 3. The van der Waals surface area contributed by atoms with Gasteiger partial charge < -0.3 is 34.1 Å². The minimum Gasteiger partial charge on any atom is -0.489 e. The molecule has 2 aromatic heterocycles. The first-order valence-electron chi connectivity index (χ1n) is 15.0. The molecule has 44 heavy (non-hydrogen) atoms. The van der Waals surface area contributed by atoms with Gasteiger partial charge in [-0.15, -0.1) is 0 Å².